The van der Waals surface area contributed by atoms with E-state index in [1.807, 2.05) is 6.07 Å². The molecule has 0 bridgehead atoms. The van der Waals surface area contributed by atoms with Crippen LogP contribution in [0.1, 0.15) is 18.4 Å². The highest BCUT2D eigenvalue weighted by Crippen LogP contribution is 2.39. The maximum Gasteiger partial charge on any atom is 0.307 e. The molecule has 0 saturated heterocycles. The zero-order valence-corrected chi connectivity index (χ0v) is 8.39. The molecule has 1 fully saturated rings. The van der Waals surface area contributed by atoms with E-state index in [-0.39, 0.29) is 11.7 Å². The highest BCUT2D eigenvalue weighted by molar-refractivity contribution is 5.71. The van der Waals surface area contributed by atoms with Gasteiger partial charge < -0.3 is 10.2 Å². The molecule has 1 saturated carbocycles. The molecule has 3 nitrogen and oxygen atoms in total. The Labute approximate surface area is 88.4 Å². The van der Waals surface area contributed by atoms with Crippen molar-refractivity contribution in [3.05, 3.63) is 29.8 Å². The molecule has 0 heterocycles. The summed E-state index contributed by atoms with van der Waals surface area (Å²) in [4.78, 5) is 11.0. The second-order valence-electron chi connectivity index (χ2n) is 4.11. The average Bonchev–Trinajstić information content (AvgIpc) is 2.99. The Morgan fingerprint density at radius 3 is 2.60 bits per heavy atom. The maximum absolute atomic E-state index is 11.0. The van der Waals surface area contributed by atoms with E-state index >= 15 is 0 Å². The Morgan fingerprint density at radius 2 is 2.07 bits per heavy atom. The predicted molar refractivity (Wildman–Crippen MR) is 55.7 cm³/mol. The third-order valence-corrected chi connectivity index (χ3v) is 2.94. The summed E-state index contributed by atoms with van der Waals surface area (Å²) in [5.41, 5.74) is 0.733. The van der Waals surface area contributed by atoms with Gasteiger partial charge in [0.15, 0.2) is 0 Å². The Morgan fingerprint density at radius 1 is 1.40 bits per heavy atom. The molecular formula is C12H14O3. The number of carbonyl (C=O) groups is 1. The van der Waals surface area contributed by atoms with Crippen LogP contribution in [0.2, 0.25) is 0 Å². The second-order valence-corrected chi connectivity index (χ2v) is 4.11. The van der Waals surface area contributed by atoms with E-state index in [0.717, 1.165) is 18.4 Å². The highest BCUT2D eigenvalue weighted by atomic mass is 16.4. The molecule has 15 heavy (non-hydrogen) atoms. The number of phenolic OH excluding ortho intramolecular Hbond substituents is 1. The van der Waals surface area contributed by atoms with Crippen LogP contribution in [0.15, 0.2) is 24.3 Å². The van der Waals surface area contributed by atoms with Crippen LogP contribution in [0.3, 0.4) is 0 Å². The van der Waals surface area contributed by atoms with Crippen LogP contribution in [0.25, 0.3) is 0 Å². The summed E-state index contributed by atoms with van der Waals surface area (Å²) < 4.78 is 0. The van der Waals surface area contributed by atoms with Crippen molar-refractivity contribution in [1.29, 1.82) is 0 Å². The SMILES string of the molecule is O=C(O)C(Cc1ccccc1O)C1CC1. The van der Waals surface area contributed by atoms with Gasteiger partial charge in [-0.2, -0.15) is 0 Å². The molecule has 1 aromatic carbocycles. The fourth-order valence-corrected chi connectivity index (χ4v) is 1.87. The van der Waals surface area contributed by atoms with E-state index in [2.05, 4.69) is 0 Å². The quantitative estimate of drug-likeness (QED) is 0.792. The Balaban J connectivity index is 2.12. The Bertz CT molecular complexity index is 369. The number of aliphatic carboxylic acids is 1. The number of para-hydroxylation sites is 1. The van der Waals surface area contributed by atoms with Crippen LogP contribution in [0.4, 0.5) is 0 Å². The topological polar surface area (TPSA) is 57.5 Å². The summed E-state index contributed by atoms with van der Waals surface area (Å²) >= 11 is 0. The lowest BCUT2D eigenvalue weighted by atomic mass is 9.94. The van der Waals surface area contributed by atoms with Gasteiger partial charge in [-0.05, 0) is 36.8 Å². The number of benzene rings is 1. The minimum atomic E-state index is -0.749. The van der Waals surface area contributed by atoms with Gasteiger partial charge in [0.05, 0.1) is 5.92 Å². The lowest BCUT2D eigenvalue weighted by Crippen LogP contribution is -2.18. The van der Waals surface area contributed by atoms with Gasteiger partial charge in [0.25, 0.3) is 0 Å². The van der Waals surface area contributed by atoms with Crippen LogP contribution < -0.4 is 0 Å². The van der Waals surface area contributed by atoms with Crippen LogP contribution in [-0.2, 0) is 11.2 Å². The van der Waals surface area contributed by atoms with Gasteiger partial charge in [-0.25, -0.2) is 0 Å². The van der Waals surface area contributed by atoms with Crippen molar-refractivity contribution in [2.45, 2.75) is 19.3 Å². The van der Waals surface area contributed by atoms with Crippen LogP contribution >= 0.6 is 0 Å². The molecule has 1 aromatic rings. The zero-order chi connectivity index (χ0) is 10.8. The lowest BCUT2D eigenvalue weighted by Gasteiger charge is -2.11. The van der Waals surface area contributed by atoms with Gasteiger partial charge >= 0.3 is 5.97 Å². The third kappa shape index (κ3) is 2.29. The molecule has 2 rings (SSSR count). The first-order valence-electron chi connectivity index (χ1n) is 5.18. The molecule has 2 N–H and O–H groups in total. The monoisotopic (exact) mass is 206 g/mol. The van der Waals surface area contributed by atoms with Gasteiger partial charge in [-0.3, -0.25) is 4.79 Å². The Kier molecular flexibility index (Phi) is 2.62. The summed E-state index contributed by atoms with van der Waals surface area (Å²) in [6.45, 7) is 0. The first-order chi connectivity index (χ1) is 7.18. The van der Waals surface area contributed by atoms with Gasteiger partial charge in [0.1, 0.15) is 5.75 Å². The minimum Gasteiger partial charge on any atom is -0.508 e. The van der Waals surface area contributed by atoms with E-state index in [1.165, 1.54) is 0 Å². The van der Waals surface area contributed by atoms with Crippen molar-refractivity contribution in [1.82, 2.24) is 0 Å². The molecule has 0 spiro atoms. The smallest absolute Gasteiger partial charge is 0.307 e. The largest absolute Gasteiger partial charge is 0.508 e. The van der Waals surface area contributed by atoms with Crippen molar-refractivity contribution < 1.29 is 15.0 Å². The molecule has 1 atom stereocenters. The number of aromatic hydroxyl groups is 1. The molecule has 1 aliphatic carbocycles. The first-order valence-corrected chi connectivity index (χ1v) is 5.18. The fourth-order valence-electron chi connectivity index (χ4n) is 1.87. The summed E-state index contributed by atoms with van der Waals surface area (Å²) in [5.74, 6) is -0.578. The number of phenols is 1. The van der Waals surface area contributed by atoms with Crippen molar-refractivity contribution >= 4 is 5.97 Å². The van der Waals surface area contributed by atoms with E-state index < -0.39 is 5.97 Å². The molecule has 3 heteroatoms. The van der Waals surface area contributed by atoms with Crippen LogP contribution in [-0.4, -0.2) is 16.2 Å². The maximum atomic E-state index is 11.0. The van der Waals surface area contributed by atoms with Gasteiger partial charge in [0, 0.05) is 0 Å². The Hall–Kier alpha value is -1.51. The lowest BCUT2D eigenvalue weighted by molar-refractivity contribution is -0.142. The standard InChI is InChI=1S/C12H14O3/c13-11-4-2-1-3-9(11)7-10(12(14)15)8-5-6-8/h1-4,8,10,13H,5-7H2,(H,14,15). The molecule has 0 aliphatic heterocycles. The number of carboxylic acid groups (broad SMARTS) is 1. The molecule has 80 valence electrons. The molecule has 1 aliphatic rings. The predicted octanol–water partition coefficient (Wildman–Crippen LogP) is 2.05. The number of rotatable bonds is 4. The van der Waals surface area contributed by atoms with Gasteiger partial charge in [-0.1, -0.05) is 18.2 Å². The van der Waals surface area contributed by atoms with Gasteiger partial charge in [-0.15, -0.1) is 0 Å². The van der Waals surface area contributed by atoms with Crippen molar-refractivity contribution in [3.8, 4) is 5.75 Å². The van der Waals surface area contributed by atoms with Crippen molar-refractivity contribution in [2.24, 2.45) is 11.8 Å². The highest BCUT2D eigenvalue weighted by Gasteiger charge is 2.36. The molecular weight excluding hydrogens is 192 g/mol. The third-order valence-electron chi connectivity index (χ3n) is 2.94. The van der Waals surface area contributed by atoms with Crippen molar-refractivity contribution in [2.75, 3.05) is 0 Å². The first kappa shape index (κ1) is 10.0. The summed E-state index contributed by atoms with van der Waals surface area (Å²) in [6, 6.07) is 6.95. The average molecular weight is 206 g/mol. The number of carboxylic acids is 1. The molecule has 0 radical (unpaired) electrons. The summed E-state index contributed by atoms with van der Waals surface area (Å²) in [6.07, 6.45) is 2.45. The van der Waals surface area contributed by atoms with E-state index in [1.54, 1.807) is 18.2 Å². The fraction of sp³-hybridized carbons (Fsp3) is 0.417. The normalized spacial score (nSPS) is 17.3. The minimum absolute atomic E-state index is 0.199. The van der Waals surface area contributed by atoms with Crippen LogP contribution in [0, 0.1) is 11.8 Å². The van der Waals surface area contributed by atoms with Gasteiger partial charge in [0.2, 0.25) is 0 Å². The van der Waals surface area contributed by atoms with Crippen LogP contribution in [0.5, 0.6) is 5.75 Å². The number of hydrogen-bond donors (Lipinski definition) is 2. The molecule has 1 unspecified atom stereocenters. The van der Waals surface area contributed by atoms with E-state index in [4.69, 9.17) is 5.11 Å². The zero-order valence-electron chi connectivity index (χ0n) is 8.39. The summed E-state index contributed by atoms with van der Waals surface area (Å²) in [5, 5.41) is 18.6. The molecule has 0 aromatic heterocycles. The number of hydrogen-bond acceptors (Lipinski definition) is 2. The second kappa shape index (κ2) is 3.93. The summed E-state index contributed by atoms with van der Waals surface area (Å²) in [7, 11) is 0. The van der Waals surface area contributed by atoms with Crippen molar-refractivity contribution in [3.63, 3.8) is 0 Å². The van der Waals surface area contributed by atoms with E-state index in [9.17, 15) is 9.90 Å². The molecule has 0 amide bonds. The van der Waals surface area contributed by atoms with E-state index in [0.29, 0.717) is 12.3 Å².